The van der Waals surface area contributed by atoms with Crippen LogP contribution in [0.1, 0.15) is 29.8 Å². The van der Waals surface area contributed by atoms with Gasteiger partial charge in [-0.2, -0.15) is 0 Å². The van der Waals surface area contributed by atoms with E-state index in [1.807, 2.05) is 30.3 Å². The Morgan fingerprint density at radius 1 is 1.04 bits per heavy atom. The van der Waals surface area contributed by atoms with Gasteiger partial charge in [0.2, 0.25) is 0 Å². The second-order valence-electron chi connectivity index (χ2n) is 6.68. The van der Waals surface area contributed by atoms with Crippen LogP contribution < -0.4 is 4.90 Å². The van der Waals surface area contributed by atoms with E-state index >= 15 is 0 Å². The zero-order chi connectivity index (χ0) is 19.0. The molecule has 27 heavy (non-hydrogen) atoms. The van der Waals surface area contributed by atoms with Crippen LogP contribution in [0.3, 0.4) is 0 Å². The fourth-order valence-electron chi connectivity index (χ4n) is 3.74. The van der Waals surface area contributed by atoms with E-state index in [1.165, 1.54) is 0 Å². The summed E-state index contributed by atoms with van der Waals surface area (Å²) in [6.45, 7) is 1.61. The van der Waals surface area contributed by atoms with Crippen LogP contribution in [0.25, 0.3) is 22.0 Å². The molecular formula is C21H18Cl2N2O2. The smallest absolute Gasteiger partial charge is 0.356 e. The summed E-state index contributed by atoms with van der Waals surface area (Å²) >= 11 is 12.7. The van der Waals surface area contributed by atoms with Crippen LogP contribution in [0.5, 0.6) is 0 Å². The van der Waals surface area contributed by atoms with Crippen LogP contribution >= 0.6 is 23.2 Å². The van der Waals surface area contributed by atoms with Crippen molar-refractivity contribution < 1.29 is 9.90 Å². The molecule has 0 amide bonds. The number of pyridine rings is 1. The minimum absolute atomic E-state index is 0.0431. The third kappa shape index (κ3) is 3.35. The minimum atomic E-state index is -1.05. The molecule has 0 atom stereocenters. The lowest BCUT2D eigenvalue weighted by molar-refractivity contribution is 0.0691. The fraction of sp³-hybridized carbons (Fsp3) is 0.238. The maximum absolute atomic E-state index is 12.1. The van der Waals surface area contributed by atoms with Gasteiger partial charge in [0.25, 0.3) is 0 Å². The number of aromatic nitrogens is 1. The highest BCUT2D eigenvalue weighted by Crippen LogP contribution is 2.43. The van der Waals surface area contributed by atoms with Gasteiger partial charge in [-0.05, 0) is 37.5 Å². The monoisotopic (exact) mass is 400 g/mol. The molecule has 4 rings (SSSR count). The first-order valence-electron chi connectivity index (χ1n) is 8.92. The molecule has 2 heterocycles. The summed E-state index contributed by atoms with van der Waals surface area (Å²) in [5.74, 6) is -1.05. The van der Waals surface area contributed by atoms with Crippen LogP contribution in [-0.4, -0.2) is 29.1 Å². The SMILES string of the molecule is O=C(O)c1nc2cc(Cl)ccc2c(-c2ccccc2Cl)c1N1CCCCC1. The predicted octanol–water partition coefficient (Wildman–Crippen LogP) is 5.90. The maximum atomic E-state index is 12.1. The van der Waals surface area contributed by atoms with E-state index in [2.05, 4.69) is 9.88 Å². The van der Waals surface area contributed by atoms with Crippen LogP contribution in [0.15, 0.2) is 42.5 Å². The zero-order valence-electron chi connectivity index (χ0n) is 14.6. The second kappa shape index (κ2) is 7.37. The molecule has 0 spiro atoms. The average molecular weight is 401 g/mol. The predicted molar refractivity (Wildman–Crippen MR) is 110 cm³/mol. The summed E-state index contributed by atoms with van der Waals surface area (Å²) < 4.78 is 0. The number of carboxylic acid groups (broad SMARTS) is 1. The maximum Gasteiger partial charge on any atom is 0.356 e. The number of halogens is 2. The highest BCUT2D eigenvalue weighted by Gasteiger charge is 2.27. The molecule has 1 aliphatic rings. The number of rotatable bonds is 3. The number of piperidine rings is 1. The third-order valence-corrected chi connectivity index (χ3v) is 5.51. The molecule has 6 heteroatoms. The van der Waals surface area contributed by atoms with E-state index < -0.39 is 5.97 Å². The summed E-state index contributed by atoms with van der Waals surface area (Å²) in [7, 11) is 0. The normalized spacial score (nSPS) is 14.5. The van der Waals surface area contributed by atoms with Gasteiger partial charge in [0.15, 0.2) is 5.69 Å². The Hall–Kier alpha value is -2.30. The van der Waals surface area contributed by atoms with Gasteiger partial charge >= 0.3 is 5.97 Å². The van der Waals surface area contributed by atoms with Gasteiger partial charge in [0, 0.05) is 39.6 Å². The second-order valence-corrected chi connectivity index (χ2v) is 7.52. The Kier molecular flexibility index (Phi) is 4.94. The highest BCUT2D eigenvalue weighted by atomic mass is 35.5. The Morgan fingerprint density at radius 2 is 1.78 bits per heavy atom. The van der Waals surface area contributed by atoms with Crippen molar-refractivity contribution in [2.24, 2.45) is 0 Å². The molecule has 1 saturated heterocycles. The molecule has 4 nitrogen and oxygen atoms in total. The molecule has 1 N–H and O–H groups in total. The van der Waals surface area contributed by atoms with Gasteiger partial charge < -0.3 is 10.0 Å². The molecule has 1 fully saturated rings. The lowest BCUT2D eigenvalue weighted by atomic mass is 9.95. The Balaban J connectivity index is 2.12. The molecule has 1 aromatic heterocycles. The molecule has 0 radical (unpaired) electrons. The van der Waals surface area contributed by atoms with Crippen molar-refractivity contribution in [3.05, 3.63) is 58.2 Å². The van der Waals surface area contributed by atoms with Crippen molar-refractivity contribution in [2.75, 3.05) is 18.0 Å². The van der Waals surface area contributed by atoms with E-state index in [0.717, 1.165) is 48.9 Å². The fourth-order valence-corrected chi connectivity index (χ4v) is 4.14. The Morgan fingerprint density at radius 3 is 2.48 bits per heavy atom. The van der Waals surface area contributed by atoms with E-state index in [4.69, 9.17) is 23.2 Å². The van der Waals surface area contributed by atoms with Crippen LogP contribution in [0.2, 0.25) is 10.0 Å². The number of carboxylic acids is 1. The van der Waals surface area contributed by atoms with Crippen molar-refractivity contribution in [1.82, 2.24) is 4.98 Å². The molecule has 0 bridgehead atoms. The topological polar surface area (TPSA) is 53.4 Å². The molecular weight excluding hydrogens is 383 g/mol. The number of benzene rings is 2. The van der Waals surface area contributed by atoms with E-state index in [-0.39, 0.29) is 5.69 Å². The standard InChI is InChI=1S/C21H18Cl2N2O2/c22-13-8-9-15-17(12-13)24-19(21(26)27)20(25-10-4-1-5-11-25)18(15)14-6-2-3-7-16(14)23/h2-3,6-9,12H,1,4-5,10-11H2,(H,26,27). The summed E-state index contributed by atoms with van der Waals surface area (Å²) in [5.41, 5.74) is 2.85. The quantitative estimate of drug-likeness (QED) is 0.594. The van der Waals surface area contributed by atoms with Gasteiger partial charge in [0.1, 0.15) is 0 Å². The summed E-state index contributed by atoms with van der Waals surface area (Å²) in [4.78, 5) is 18.7. The number of hydrogen-bond acceptors (Lipinski definition) is 3. The average Bonchev–Trinajstić information content (AvgIpc) is 2.67. The van der Waals surface area contributed by atoms with Crippen LogP contribution in [0.4, 0.5) is 5.69 Å². The van der Waals surface area contributed by atoms with Crippen LogP contribution in [0, 0.1) is 0 Å². The number of hydrogen-bond donors (Lipinski definition) is 1. The first kappa shape index (κ1) is 18.1. The van der Waals surface area contributed by atoms with E-state index in [1.54, 1.807) is 12.1 Å². The van der Waals surface area contributed by atoms with E-state index in [0.29, 0.717) is 21.2 Å². The van der Waals surface area contributed by atoms with Crippen molar-refractivity contribution in [2.45, 2.75) is 19.3 Å². The van der Waals surface area contributed by atoms with Crippen molar-refractivity contribution in [1.29, 1.82) is 0 Å². The molecule has 1 aliphatic heterocycles. The highest BCUT2D eigenvalue weighted by molar-refractivity contribution is 6.34. The molecule has 0 saturated carbocycles. The van der Waals surface area contributed by atoms with Crippen molar-refractivity contribution >= 4 is 45.8 Å². The van der Waals surface area contributed by atoms with Crippen LogP contribution in [-0.2, 0) is 0 Å². The summed E-state index contributed by atoms with van der Waals surface area (Å²) in [6.07, 6.45) is 3.20. The van der Waals surface area contributed by atoms with Crippen molar-refractivity contribution in [3.8, 4) is 11.1 Å². The molecule has 0 unspecified atom stereocenters. The first-order valence-corrected chi connectivity index (χ1v) is 9.68. The lowest BCUT2D eigenvalue weighted by Crippen LogP contribution is -2.32. The minimum Gasteiger partial charge on any atom is -0.476 e. The van der Waals surface area contributed by atoms with Gasteiger partial charge in [-0.3, -0.25) is 0 Å². The third-order valence-electron chi connectivity index (χ3n) is 4.94. The number of nitrogens with zero attached hydrogens (tertiary/aromatic N) is 2. The summed E-state index contributed by atoms with van der Waals surface area (Å²) in [5, 5.41) is 11.9. The molecule has 138 valence electrons. The summed E-state index contributed by atoms with van der Waals surface area (Å²) in [6, 6.07) is 12.9. The Labute approximate surface area is 167 Å². The lowest BCUT2D eigenvalue weighted by Gasteiger charge is -2.32. The van der Waals surface area contributed by atoms with Crippen molar-refractivity contribution in [3.63, 3.8) is 0 Å². The number of fused-ring (bicyclic) bond motifs is 1. The van der Waals surface area contributed by atoms with Gasteiger partial charge in [-0.25, -0.2) is 9.78 Å². The van der Waals surface area contributed by atoms with Gasteiger partial charge in [-0.15, -0.1) is 0 Å². The number of aromatic carboxylic acids is 1. The van der Waals surface area contributed by atoms with Gasteiger partial charge in [0.05, 0.1) is 11.2 Å². The number of anilines is 1. The Bertz CT molecular complexity index is 1030. The zero-order valence-corrected chi connectivity index (χ0v) is 16.1. The largest absolute Gasteiger partial charge is 0.476 e. The van der Waals surface area contributed by atoms with Gasteiger partial charge in [-0.1, -0.05) is 47.5 Å². The molecule has 0 aliphatic carbocycles. The first-order chi connectivity index (χ1) is 13.1. The molecule has 3 aromatic rings. The molecule has 2 aromatic carbocycles. The van der Waals surface area contributed by atoms with E-state index in [9.17, 15) is 9.90 Å². The number of carbonyl (C=O) groups is 1.